The summed E-state index contributed by atoms with van der Waals surface area (Å²) in [5.74, 6) is 1.28. The first kappa shape index (κ1) is 22.0. The second-order valence-electron chi connectivity index (χ2n) is 6.36. The average molecular weight is 441 g/mol. The Morgan fingerprint density at radius 3 is 2.16 bits per heavy atom. The van der Waals surface area contributed by atoms with Crippen molar-refractivity contribution in [1.29, 1.82) is 0 Å². The second-order valence-corrected chi connectivity index (χ2v) is 6.76. The van der Waals surface area contributed by atoms with Crippen LogP contribution in [0.4, 0.5) is 5.69 Å². The van der Waals surface area contributed by atoms with Crippen LogP contribution in [0.25, 0.3) is 0 Å². The highest BCUT2D eigenvalue weighted by molar-refractivity contribution is 6.32. The summed E-state index contributed by atoms with van der Waals surface area (Å²) in [6.45, 7) is -0.228. The van der Waals surface area contributed by atoms with Crippen LogP contribution >= 0.6 is 11.6 Å². The lowest BCUT2D eigenvalue weighted by molar-refractivity contribution is -0.115. The molecule has 0 saturated heterocycles. The molecule has 3 rings (SSSR count). The summed E-state index contributed by atoms with van der Waals surface area (Å²) in [5, 5.41) is 5.55. The number of carbonyl (C=O) groups excluding carboxylic acids is 2. The van der Waals surface area contributed by atoms with E-state index in [0.29, 0.717) is 39.3 Å². The Labute approximate surface area is 184 Å². The quantitative estimate of drug-likeness (QED) is 0.538. The number of carbonyl (C=O) groups is 2. The second kappa shape index (κ2) is 10.4. The summed E-state index contributed by atoms with van der Waals surface area (Å²) in [4.78, 5) is 24.6. The van der Waals surface area contributed by atoms with E-state index in [1.54, 1.807) is 30.3 Å². The first-order valence-electron chi connectivity index (χ1n) is 9.32. The number of halogens is 1. The summed E-state index contributed by atoms with van der Waals surface area (Å²) in [6.07, 6.45) is 0. The van der Waals surface area contributed by atoms with Crippen molar-refractivity contribution in [2.75, 3.05) is 26.1 Å². The zero-order chi connectivity index (χ0) is 22.2. The van der Waals surface area contributed by atoms with Crippen molar-refractivity contribution in [2.24, 2.45) is 0 Å². The molecule has 2 amide bonds. The molecule has 7 nitrogen and oxygen atoms in total. The molecule has 0 fully saturated rings. The molecular weight excluding hydrogens is 420 g/mol. The first-order chi connectivity index (χ1) is 15.0. The SMILES string of the molecule is COc1cc(OC)c(NC(=O)CNC(=O)c2ccc(Oc3ccccc3)cc2)cc1Cl. The Morgan fingerprint density at radius 2 is 1.52 bits per heavy atom. The van der Waals surface area contributed by atoms with Crippen LogP contribution in [0.15, 0.2) is 66.7 Å². The normalized spacial score (nSPS) is 10.2. The highest BCUT2D eigenvalue weighted by atomic mass is 35.5. The predicted molar refractivity (Wildman–Crippen MR) is 118 cm³/mol. The predicted octanol–water partition coefficient (Wildman–Crippen LogP) is 4.52. The molecule has 0 aliphatic rings. The summed E-state index contributed by atoms with van der Waals surface area (Å²) < 4.78 is 16.1. The lowest BCUT2D eigenvalue weighted by Gasteiger charge is -2.13. The van der Waals surface area contributed by atoms with Gasteiger partial charge in [-0.25, -0.2) is 0 Å². The zero-order valence-corrected chi connectivity index (χ0v) is 17.7. The van der Waals surface area contributed by atoms with E-state index in [0.717, 1.165) is 0 Å². The smallest absolute Gasteiger partial charge is 0.251 e. The molecule has 0 heterocycles. The standard InChI is InChI=1S/C23H21ClN2O5/c1-29-20-13-21(30-2)19(12-18(20)24)26-22(27)14-25-23(28)15-8-10-17(11-9-15)31-16-6-4-3-5-7-16/h3-13H,14H2,1-2H3,(H,25,28)(H,26,27). The molecule has 0 aliphatic carbocycles. The lowest BCUT2D eigenvalue weighted by atomic mass is 10.2. The zero-order valence-electron chi connectivity index (χ0n) is 17.0. The highest BCUT2D eigenvalue weighted by Gasteiger charge is 2.14. The minimum absolute atomic E-state index is 0.228. The number of hydrogen-bond donors (Lipinski definition) is 2. The van der Waals surface area contributed by atoms with Gasteiger partial charge in [-0.2, -0.15) is 0 Å². The molecule has 0 aliphatic heterocycles. The molecule has 2 N–H and O–H groups in total. The molecule has 0 bridgehead atoms. The fraction of sp³-hybridized carbons (Fsp3) is 0.130. The average Bonchev–Trinajstić information content (AvgIpc) is 2.79. The van der Waals surface area contributed by atoms with Crippen molar-refractivity contribution in [1.82, 2.24) is 5.32 Å². The molecule has 8 heteroatoms. The minimum atomic E-state index is -0.433. The van der Waals surface area contributed by atoms with Crippen LogP contribution in [0.2, 0.25) is 5.02 Å². The first-order valence-corrected chi connectivity index (χ1v) is 9.70. The molecule has 3 aromatic carbocycles. The van der Waals surface area contributed by atoms with Gasteiger partial charge in [0.1, 0.15) is 23.0 Å². The number of para-hydroxylation sites is 1. The number of ether oxygens (including phenoxy) is 3. The maximum atomic E-state index is 12.3. The van der Waals surface area contributed by atoms with Crippen molar-refractivity contribution in [3.05, 3.63) is 77.3 Å². The van der Waals surface area contributed by atoms with Gasteiger partial charge in [0.25, 0.3) is 5.91 Å². The van der Waals surface area contributed by atoms with Crippen LogP contribution in [0, 0.1) is 0 Å². The molecule has 0 spiro atoms. The number of nitrogens with one attached hydrogen (secondary N) is 2. The van der Waals surface area contributed by atoms with Crippen LogP contribution in [0.3, 0.4) is 0 Å². The molecule has 0 saturated carbocycles. The van der Waals surface area contributed by atoms with Gasteiger partial charge in [-0.3, -0.25) is 9.59 Å². The fourth-order valence-corrected chi connectivity index (χ4v) is 2.95. The molecule has 0 radical (unpaired) electrons. The Morgan fingerprint density at radius 1 is 0.871 bits per heavy atom. The number of rotatable bonds is 8. The molecular formula is C23H21ClN2O5. The molecule has 0 atom stereocenters. The summed E-state index contributed by atoms with van der Waals surface area (Å²) in [5.41, 5.74) is 0.772. The Kier molecular flexibility index (Phi) is 7.35. The Bertz CT molecular complexity index is 1060. The van der Waals surface area contributed by atoms with Crippen LogP contribution in [0.1, 0.15) is 10.4 Å². The molecule has 3 aromatic rings. The number of hydrogen-bond acceptors (Lipinski definition) is 5. The van der Waals surface area contributed by atoms with E-state index in [-0.39, 0.29) is 12.5 Å². The van der Waals surface area contributed by atoms with Crippen molar-refractivity contribution in [3.8, 4) is 23.0 Å². The maximum absolute atomic E-state index is 12.3. The van der Waals surface area contributed by atoms with E-state index in [1.165, 1.54) is 20.3 Å². The third-order valence-corrected chi connectivity index (χ3v) is 4.55. The van der Waals surface area contributed by atoms with Crippen molar-refractivity contribution >= 4 is 29.1 Å². The van der Waals surface area contributed by atoms with Gasteiger partial charge in [0.2, 0.25) is 5.91 Å². The summed E-state index contributed by atoms with van der Waals surface area (Å²) in [7, 11) is 2.94. The summed E-state index contributed by atoms with van der Waals surface area (Å²) in [6, 6.07) is 19.0. The molecule has 160 valence electrons. The summed E-state index contributed by atoms with van der Waals surface area (Å²) >= 11 is 6.10. The van der Waals surface area contributed by atoms with Crippen LogP contribution in [0.5, 0.6) is 23.0 Å². The number of methoxy groups -OCH3 is 2. The van der Waals surface area contributed by atoms with Gasteiger partial charge in [0.05, 0.1) is 31.5 Å². The monoisotopic (exact) mass is 440 g/mol. The number of benzene rings is 3. The van der Waals surface area contributed by atoms with E-state index in [1.807, 2.05) is 30.3 Å². The van der Waals surface area contributed by atoms with E-state index in [2.05, 4.69) is 10.6 Å². The largest absolute Gasteiger partial charge is 0.495 e. The third kappa shape index (κ3) is 5.90. The van der Waals surface area contributed by atoms with Gasteiger partial charge in [0.15, 0.2) is 0 Å². The topological polar surface area (TPSA) is 85.9 Å². The molecule has 0 unspecified atom stereocenters. The van der Waals surface area contributed by atoms with E-state index in [4.69, 9.17) is 25.8 Å². The number of anilines is 1. The molecule has 0 aromatic heterocycles. The Hall–Kier alpha value is -3.71. The lowest BCUT2D eigenvalue weighted by Crippen LogP contribution is -2.32. The number of amides is 2. The van der Waals surface area contributed by atoms with Gasteiger partial charge >= 0.3 is 0 Å². The van der Waals surface area contributed by atoms with E-state index in [9.17, 15) is 9.59 Å². The van der Waals surface area contributed by atoms with Crippen molar-refractivity contribution in [2.45, 2.75) is 0 Å². The minimum Gasteiger partial charge on any atom is -0.495 e. The van der Waals surface area contributed by atoms with Gasteiger partial charge in [-0.1, -0.05) is 29.8 Å². The fourth-order valence-electron chi connectivity index (χ4n) is 2.71. The third-order valence-electron chi connectivity index (χ3n) is 4.25. The van der Waals surface area contributed by atoms with Crippen LogP contribution in [-0.2, 0) is 4.79 Å². The van der Waals surface area contributed by atoms with Gasteiger partial charge < -0.3 is 24.8 Å². The van der Waals surface area contributed by atoms with Gasteiger partial charge in [0, 0.05) is 11.6 Å². The maximum Gasteiger partial charge on any atom is 0.251 e. The van der Waals surface area contributed by atoms with Crippen LogP contribution < -0.4 is 24.8 Å². The Balaban J connectivity index is 1.56. The van der Waals surface area contributed by atoms with E-state index >= 15 is 0 Å². The van der Waals surface area contributed by atoms with Gasteiger partial charge in [-0.15, -0.1) is 0 Å². The van der Waals surface area contributed by atoms with Crippen molar-refractivity contribution < 1.29 is 23.8 Å². The van der Waals surface area contributed by atoms with Crippen molar-refractivity contribution in [3.63, 3.8) is 0 Å². The van der Waals surface area contributed by atoms with Gasteiger partial charge in [-0.05, 0) is 42.5 Å². The highest BCUT2D eigenvalue weighted by Crippen LogP contribution is 2.35. The molecule has 31 heavy (non-hydrogen) atoms. The van der Waals surface area contributed by atoms with E-state index < -0.39 is 5.91 Å². The van der Waals surface area contributed by atoms with Crippen LogP contribution in [-0.4, -0.2) is 32.6 Å².